The first-order chi connectivity index (χ1) is 9.39. The lowest BCUT2D eigenvalue weighted by atomic mass is 10.0. The molecule has 1 aromatic rings. The smallest absolute Gasteiger partial charge is 0.312 e. The molecule has 1 aliphatic rings. The average molecular weight is 290 g/mol. The molecule has 0 aromatic heterocycles. The highest BCUT2D eigenvalue weighted by Crippen LogP contribution is 2.32. The number of hydrogen-bond donors (Lipinski definition) is 1. The molecule has 0 bridgehead atoms. The first-order valence-electron chi connectivity index (χ1n) is 6.28. The van der Waals surface area contributed by atoms with Crippen LogP contribution in [0.5, 0.6) is 0 Å². The molecule has 1 unspecified atom stereocenters. The van der Waals surface area contributed by atoms with Crippen molar-refractivity contribution < 1.29 is 22.4 Å². The third-order valence-corrected chi connectivity index (χ3v) is 3.26. The number of nitrogens with zero attached hydrogens (tertiary/aromatic N) is 1. The second kappa shape index (κ2) is 5.68. The van der Waals surface area contributed by atoms with Gasteiger partial charge >= 0.3 is 12.2 Å². The minimum Gasteiger partial charge on any atom is -0.312 e. The van der Waals surface area contributed by atoms with E-state index in [1.807, 2.05) is 0 Å². The summed E-state index contributed by atoms with van der Waals surface area (Å²) in [4.78, 5) is 12.7. The summed E-state index contributed by atoms with van der Waals surface area (Å²) in [6, 6.07) is 2.65. The van der Waals surface area contributed by atoms with Crippen LogP contribution in [0, 0.1) is 5.82 Å². The number of likely N-dealkylation sites (tertiary alicyclic amines) is 1. The Balaban J connectivity index is 2.13. The predicted molar refractivity (Wildman–Crippen MR) is 65.8 cm³/mol. The molecule has 0 spiro atoms. The molecule has 1 N–H and O–H groups in total. The predicted octanol–water partition coefficient (Wildman–Crippen LogP) is 3.77. The van der Waals surface area contributed by atoms with E-state index in [0.717, 1.165) is 11.0 Å². The number of nitrogens with one attached hydrogen (secondary N) is 1. The van der Waals surface area contributed by atoms with Gasteiger partial charge in [0.05, 0.1) is 5.69 Å². The van der Waals surface area contributed by atoms with Crippen LogP contribution in [-0.2, 0) is 0 Å². The van der Waals surface area contributed by atoms with E-state index in [1.165, 1.54) is 18.2 Å². The Labute approximate surface area is 113 Å². The molecule has 2 rings (SSSR count). The fraction of sp³-hybridized carbons (Fsp3) is 0.462. The maximum Gasteiger partial charge on any atom is 0.408 e. The van der Waals surface area contributed by atoms with E-state index in [4.69, 9.17) is 0 Å². The topological polar surface area (TPSA) is 32.3 Å². The standard InChI is InChI=1S/C13H14F4N2O/c14-9-5-1-2-6-10(9)18-12(20)19-8-4-3-7-11(19)13(15,16)17/h1-2,5-6,11H,3-4,7-8H2,(H,18,20). The molecule has 1 heterocycles. The molecule has 7 heteroatoms. The van der Waals surface area contributed by atoms with Crippen molar-refractivity contribution in [3.8, 4) is 0 Å². The summed E-state index contributed by atoms with van der Waals surface area (Å²) < 4.78 is 52.0. The van der Waals surface area contributed by atoms with Gasteiger partial charge in [0.15, 0.2) is 0 Å². The maximum absolute atomic E-state index is 13.4. The van der Waals surface area contributed by atoms with Crippen molar-refractivity contribution in [2.45, 2.75) is 31.5 Å². The zero-order valence-electron chi connectivity index (χ0n) is 10.6. The Bertz CT molecular complexity index is 490. The number of alkyl halides is 3. The van der Waals surface area contributed by atoms with Gasteiger partial charge in [0.2, 0.25) is 0 Å². The van der Waals surface area contributed by atoms with Crippen molar-refractivity contribution >= 4 is 11.7 Å². The summed E-state index contributed by atoms with van der Waals surface area (Å²) in [6.45, 7) is 0.0183. The number of benzene rings is 1. The summed E-state index contributed by atoms with van der Waals surface area (Å²) >= 11 is 0. The Morgan fingerprint density at radius 1 is 1.25 bits per heavy atom. The second-order valence-corrected chi connectivity index (χ2v) is 4.66. The van der Waals surface area contributed by atoms with E-state index < -0.39 is 24.1 Å². The molecule has 0 aliphatic carbocycles. The highest BCUT2D eigenvalue weighted by molar-refractivity contribution is 5.89. The van der Waals surface area contributed by atoms with Crippen molar-refractivity contribution in [1.82, 2.24) is 4.90 Å². The van der Waals surface area contributed by atoms with E-state index in [-0.39, 0.29) is 18.7 Å². The molecule has 1 aliphatic heterocycles. The first-order valence-corrected chi connectivity index (χ1v) is 6.28. The van der Waals surface area contributed by atoms with Crippen LogP contribution in [0.2, 0.25) is 0 Å². The SMILES string of the molecule is O=C(Nc1ccccc1F)N1CCCCC1C(F)(F)F. The Kier molecular flexibility index (Phi) is 4.15. The lowest BCUT2D eigenvalue weighted by Crippen LogP contribution is -2.52. The van der Waals surface area contributed by atoms with Gasteiger partial charge in [-0.3, -0.25) is 0 Å². The molecule has 2 amide bonds. The van der Waals surface area contributed by atoms with Crippen LogP contribution < -0.4 is 5.32 Å². The normalized spacial score (nSPS) is 19.8. The monoisotopic (exact) mass is 290 g/mol. The van der Waals surface area contributed by atoms with E-state index in [0.29, 0.717) is 12.8 Å². The third kappa shape index (κ3) is 3.20. The summed E-state index contributed by atoms with van der Waals surface area (Å²) in [5, 5.41) is 2.19. The zero-order valence-corrected chi connectivity index (χ0v) is 10.6. The highest BCUT2D eigenvalue weighted by Gasteiger charge is 2.46. The van der Waals surface area contributed by atoms with Crippen molar-refractivity contribution in [2.24, 2.45) is 0 Å². The summed E-state index contributed by atoms with van der Waals surface area (Å²) in [5.41, 5.74) is -0.121. The number of para-hydroxylation sites is 1. The Morgan fingerprint density at radius 3 is 2.60 bits per heavy atom. The number of urea groups is 1. The number of amides is 2. The average Bonchev–Trinajstić information content (AvgIpc) is 2.40. The number of piperidine rings is 1. The molecular weight excluding hydrogens is 276 g/mol. The van der Waals surface area contributed by atoms with E-state index >= 15 is 0 Å². The van der Waals surface area contributed by atoms with Crippen LogP contribution in [0.15, 0.2) is 24.3 Å². The second-order valence-electron chi connectivity index (χ2n) is 4.66. The lowest BCUT2D eigenvalue weighted by molar-refractivity contribution is -0.181. The Hall–Kier alpha value is -1.79. The molecule has 0 radical (unpaired) electrons. The summed E-state index contributed by atoms with van der Waals surface area (Å²) in [5.74, 6) is -0.679. The lowest BCUT2D eigenvalue weighted by Gasteiger charge is -2.36. The fourth-order valence-electron chi connectivity index (χ4n) is 2.26. The Morgan fingerprint density at radius 2 is 1.95 bits per heavy atom. The fourth-order valence-corrected chi connectivity index (χ4v) is 2.26. The van der Waals surface area contributed by atoms with Gasteiger partial charge < -0.3 is 10.2 Å². The summed E-state index contributed by atoms with van der Waals surface area (Å²) in [6.07, 6.45) is -3.65. The van der Waals surface area contributed by atoms with Crippen LogP contribution in [0.25, 0.3) is 0 Å². The van der Waals surface area contributed by atoms with Crippen molar-refractivity contribution in [3.05, 3.63) is 30.1 Å². The van der Waals surface area contributed by atoms with Gasteiger partial charge in [-0.25, -0.2) is 9.18 Å². The number of rotatable bonds is 1. The van der Waals surface area contributed by atoms with Gasteiger partial charge in [-0.1, -0.05) is 12.1 Å². The molecule has 1 atom stereocenters. The molecule has 20 heavy (non-hydrogen) atoms. The van der Waals surface area contributed by atoms with E-state index in [2.05, 4.69) is 5.32 Å². The molecule has 0 saturated carbocycles. The van der Waals surface area contributed by atoms with Gasteiger partial charge in [0, 0.05) is 6.54 Å². The van der Waals surface area contributed by atoms with Crippen LogP contribution in [0.4, 0.5) is 28.0 Å². The van der Waals surface area contributed by atoms with Crippen LogP contribution in [0.3, 0.4) is 0 Å². The quantitative estimate of drug-likeness (QED) is 0.784. The molecular formula is C13H14F4N2O. The van der Waals surface area contributed by atoms with Gasteiger partial charge in [-0.05, 0) is 31.4 Å². The molecule has 1 saturated heterocycles. The largest absolute Gasteiger partial charge is 0.408 e. The van der Waals surface area contributed by atoms with Gasteiger partial charge in [0.25, 0.3) is 0 Å². The maximum atomic E-state index is 13.4. The van der Waals surface area contributed by atoms with Gasteiger partial charge in [-0.2, -0.15) is 13.2 Å². The molecule has 110 valence electrons. The molecule has 3 nitrogen and oxygen atoms in total. The van der Waals surface area contributed by atoms with E-state index in [9.17, 15) is 22.4 Å². The number of carbonyl (C=O) groups excluding carboxylic acids is 1. The molecule has 1 aromatic carbocycles. The van der Waals surface area contributed by atoms with Crippen molar-refractivity contribution in [3.63, 3.8) is 0 Å². The van der Waals surface area contributed by atoms with Crippen molar-refractivity contribution in [1.29, 1.82) is 0 Å². The highest BCUT2D eigenvalue weighted by atomic mass is 19.4. The number of hydrogen-bond acceptors (Lipinski definition) is 1. The zero-order chi connectivity index (χ0) is 14.8. The minimum absolute atomic E-state index is 0.0183. The number of carbonyl (C=O) groups is 1. The molecule has 1 fully saturated rings. The van der Waals surface area contributed by atoms with Crippen molar-refractivity contribution in [2.75, 3.05) is 11.9 Å². The van der Waals surface area contributed by atoms with Crippen LogP contribution in [-0.4, -0.2) is 29.7 Å². The summed E-state index contributed by atoms with van der Waals surface area (Å²) in [7, 11) is 0. The minimum atomic E-state index is -4.47. The van der Waals surface area contributed by atoms with Gasteiger partial charge in [-0.15, -0.1) is 0 Å². The van der Waals surface area contributed by atoms with Crippen LogP contribution in [0.1, 0.15) is 19.3 Å². The number of anilines is 1. The van der Waals surface area contributed by atoms with Crippen LogP contribution >= 0.6 is 0 Å². The number of halogens is 4. The third-order valence-electron chi connectivity index (χ3n) is 3.26. The van der Waals surface area contributed by atoms with E-state index in [1.54, 1.807) is 0 Å². The van der Waals surface area contributed by atoms with Gasteiger partial charge in [0.1, 0.15) is 11.9 Å². The first kappa shape index (κ1) is 14.6.